The summed E-state index contributed by atoms with van der Waals surface area (Å²) in [6, 6.07) is 6.58. The van der Waals surface area contributed by atoms with E-state index in [1.165, 1.54) is 34.4 Å². The average Bonchev–Trinajstić information content (AvgIpc) is 2.34. The van der Waals surface area contributed by atoms with Gasteiger partial charge in [0.1, 0.15) is 5.82 Å². The van der Waals surface area contributed by atoms with Gasteiger partial charge in [0.2, 0.25) is 0 Å². The molecule has 0 heterocycles. The fourth-order valence-corrected chi connectivity index (χ4v) is 2.19. The molecular weight excluding hydrogens is 239 g/mol. The lowest BCUT2D eigenvalue weighted by atomic mass is 9.98. The summed E-state index contributed by atoms with van der Waals surface area (Å²) in [6.45, 7) is 8.32. The molecule has 0 saturated carbocycles. The molecule has 0 spiro atoms. The third kappa shape index (κ3) is 2.55. The van der Waals surface area contributed by atoms with Crippen LogP contribution in [0.1, 0.15) is 22.3 Å². The van der Waals surface area contributed by atoms with Crippen molar-refractivity contribution in [3.05, 3.63) is 52.3 Å². The number of hydrogen-bond acceptors (Lipinski definition) is 2. The zero-order chi connectivity index (χ0) is 14.2. The van der Waals surface area contributed by atoms with Crippen molar-refractivity contribution in [1.82, 2.24) is 0 Å². The van der Waals surface area contributed by atoms with Crippen molar-refractivity contribution in [2.75, 3.05) is 11.1 Å². The van der Waals surface area contributed by atoms with Crippen LogP contribution in [0.25, 0.3) is 0 Å². The van der Waals surface area contributed by atoms with Crippen LogP contribution in [0.3, 0.4) is 0 Å². The van der Waals surface area contributed by atoms with Crippen LogP contribution in [0, 0.1) is 33.5 Å². The number of nitrogens with two attached hydrogens (primary N) is 1. The molecule has 3 heteroatoms. The van der Waals surface area contributed by atoms with Gasteiger partial charge in [-0.2, -0.15) is 0 Å². The minimum atomic E-state index is -0.322. The summed E-state index contributed by atoms with van der Waals surface area (Å²) in [6.07, 6.45) is 0. The molecule has 0 aromatic heterocycles. The van der Waals surface area contributed by atoms with Gasteiger partial charge in [0, 0.05) is 5.69 Å². The second kappa shape index (κ2) is 4.92. The number of aryl methyl sites for hydroxylation is 2. The predicted molar refractivity (Wildman–Crippen MR) is 79.5 cm³/mol. The first kappa shape index (κ1) is 13.4. The number of halogens is 1. The third-order valence-electron chi connectivity index (χ3n) is 3.64. The fourth-order valence-electron chi connectivity index (χ4n) is 2.19. The van der Waals surface area contributed by atoms with Gasteiger partial charge in [-0.25, -0.2) is 4.39 Å². The molecule has 0 aliphatic heterocycles. The van der Waals surface area contributed by atoms with Gasteiger partial charge in [-0.15, -0.1) is 0 Å². The summed E-state index contributed by atoms with van der Waals surface area (Å²) >= 11 is 0. The summed E-state index contributed by atoms with van der Waals surface area (Å²) < 4.78 is 13.1. The second-order valence-corrected chi connectivity index (χ2v) is 4.99. The molecular formula is C16H19FN2. The Balaban J connectivity index is 2.49. The lowest BCUT2D eigenvalue weighted by molar-refractivity contribution is 0.628. The highest BCUT2D eigenvalue weighted by Crippen LogP contribution is 2.31. The lowest BCUT2D eigenvalue weighted by Crippen LogP contribution is -2.02. The van der Waals surface area contributed by atoms with Crippen molar-refractivity contribution in [3.8, 4) is 0 Å². The highest BCUT2D eigenvalue weighted by Gasteiger charge is 2.10. The SMILES string of the molecule is Cc1cc(C)c(C)c(Nc2ccc(F)cc2N)c1C. The van der Waals surface area contributed by atoms with E-state index >= 15 is 0 Å². The van der Waals surface area contributed by atoms with Crippen molar-refractivity contribution in [3.63, 3.8) is 0 Å². The summed E-state index contributed by atoms with van der Waals surface area (Å²) in [5.41, 5.74) is 12.9. The van der Waals surface area contributed by atoms with Gasteiger partial charge >= 0.3 is 0 Å². The number of anilines is 3. The van der Waals surface area contributed by atoms with Gasteiger partial charge in [-0.1, -0.05) is 6.07 Å². The van der Waals surface area contributed by atoms with E-state index in [1.54, 1.807) is 6.07 Å². The van der Waals surface area contributed by atoms with Gasteiger partial charge < -0.3 is 11.1 Å². The Morgan fingerprint density at radius 3 is 2.05 bits per heavy atom. The molecule has 2 nitrogen and oxygen atoms in total. The first-order valence-electron chi connectivity index (χ1n) is 6.29. The van der Waals surface area contributed by atoms with Crippen LogP contribution in [0.4, 0.5) is 21.5 Å². The Morgan fingerprint density at radius 1 is 0.947 bits per heavy atom. The van der Waals surface area contributed by atoms with E-state index in [4.69, 9.17) is 5.73 Å². The maximum Gasteiger partial charge on any atom is 0.125 e. The molecule has 2 aromatic rings. The Hall–Kier alpha value is -2.03. The van der Waals surface area contributed by atoms with Crippen molar-refractivity contribution in [2.45, 2.75) is 27.7 Å². The first-order chi connectivity index (χ1) is 8.90. The van der Waals surface area contributed by atoms with E-state index in [0.29, 0.717) is 5.69 Å². The molecule has 19 heavy (non-hydrogen) atoms. The third-order valence-corrected chi connectivity index (χ3v) is 3.64. The molecule has 0 saturated heterocycles. The normalized spacial score (nSPS) is 10.6. The predicted octanol–water partition coefficient (Wildman–Crippen LogP) is 4.39. The second-order valence-electron chi connectivity index (χ2n) is 4.99. The fraction of sp³-hybridized carbons (Fsp3) is 0.250. The molecule has 0 radical (unpaired) electrons. The van der Waals surface area contributed by atoms with Crippen LogP contribution >= 0.6 is 0 Å². The van der Waals surface area contributed by atoms with Crippen molar-refractivity contribution >= 4 is 17.1 Å². The zero-order valence-corrected chi connectivity index (χ0v) is 11.8. The maximum absolute atomic E-state index is 13.1. The van der Waals surface area contributed by atoms with E-state index in [9.17, 15) is 4.39 Å². The van der Waals surface area contributed by atoms with Crippen molar-refractivity contribution in [1.29, 1.82) is 0 Å². The molecule has 0 unspecified atom stereocenters. The summed E-state index contributed by atoms with van der Waals surface area (Å²) in [5.74, 6) is -0.322. The topological polar surface area (TPSA) is 38.0 Å². The number of nitrogen functional groups attached to an aromatic ring is 1. The van der Waals surface area contributed by atoms with Crippen LogP contribution in [-0.4, -0.2) is 0 Å². The summed E-state index contributed by atoms with van der Waals surface area (Å²) in [4.78, 5) is 0. The molecule has 0 fully saturated rings. The molecule has 0 amide bonds. The van der Waals surface area contributed by atoms with E-state index in [0.717, 1.165) is 11.4 Å². The first-order valence-corrected chi connectivity index (χ1v) is 6.29. The van der Waals surface area contributed by atoms with Gasteiger partial charge in [0.05, 0.1) is 11.4 Å². The molecule has 0 bridgehead atoms. The van der Waals surface area contributed by atoms with E-state index in [1.807, 2.05) is 0 Å². The zero-order valence-electron chi connectivity index (χ0n) is 11.8. The monoisotopic (exact) mass is 258 g/mol. The summed E-state index contributed by atoms with van der Waals surface area (Å²) in [5, 5.41) is 3.33. The minimum Gasteiger partial charge on any atom is -0.397 e. The van der Waals surface area contributed by atoms with Gasteiger partial charge in [-0.05, 0) is 68.1 Å². The van der Waals surface area contributed by atoms with Gasteiger partial charge in [0.25, 0.3) is 0 Å². The molecule has 100 valence electrons. The molecule has 2 rings (SSSR count). The largest absolute Gasteiger partial charge is 0.397 e. The molecule has 2 aromatic carbocycles. The molecule has 0 atom stereocenters. The minimum absolute atomic E-state index is 0.322. The van der Waals surface area contributed by atoms with Crippen molar-refractivity contribution < 1.29 is 4.39 Å². The van der Waals surface area contributed by atoms with Gasteiger partial charge in [0.15, 0.2) is 0 Å². The number of rotatable bonds is 2. The number of benzene rings is 2. The Bertz CT molecular complexity index is 607. The van der Waals surface area contributed by atoms with Crippen LogP contribution in [-0.2, 0) is 0 Å². The van der Waals surface area contributed by atoms with E-state index in [-0.39, 0.29) is 5.82 Å². The highest BCUT2D eigenvalue weighted by molar-refractivity contribution is 5.76. The van der Waals surface area contributed by atoms with Gasteiger partial charge in [-0.3, -0.25) is 0 Å². The molecule has 3 N–H and O–H groups in total. The smallest absolute Gasteiger partial charge is 0.125 e. The van der Waals surface area contributed by atoms with E-state index < -0.39 is 0 Å². The van der Waals surface area contributed by atoms with Crippen LogP contribution in [0.5, 0.6) is 0 Å². The van der Waals surface area contributed by atoms with Crippen molar-refractivity contribution in [2.24, 2.45) is 0 Å². The van der Waals surface area contributed by atoms with Crippen LogP contribution < -0.4 is 11.1 Å². The van der Waals surface area contributed by atoms with Crippen LogP contribution in [0.15, 0.2) is 24.3 Å². The Labute approximate surface area is 113 Å². The number of hydrogen-bond donors (Lipinski definition) is 2. The lowest BCUT2D eigenvalue weighted by Gasteiger charge is -2.18. The standard InChI is InChI=1S/C16H19FN2/c1-9-7-10(2)12(4)16(11(9)3)19-15-6-5-13(17)8-14(15)18/h5-8,19H,18H2,1-4H3. The Kier molecular flexibility index (Phi) is 3.47. The van der Waals surface area contributed by atoms with Crippen LogP contribution in [0.2, 0.25) is 0 Å². The molecule has 0 aliphatic rings. The van der Waals surface area contributed by atoms with E-state index in [2.05, 4.69) is 39.1 Å². The maximum atomic E-state index is 13.1. The quantitative estimate of drug-likeness (QED) is 0.784. The number of nitrogens with one attached hydrogen (secondary N) is 1. The summed E-state index contributed by atoms with van der Waals surface area (Å²) in [7, 11) is 0. The average molecular weight is 258 g/mol. The highest BCUT2D eigenvalue weighted by atomic mass is 19.1. The molecule has 0 aliphatic carbocycles. The Morgan fingerprint density at radius 2 is 1.53 bits per heavy atom.